The van der Waals surface area contributed by atoms with Crippen LogP contribution in [-0.4, -0.2) is 67.3 Å². The molecule has 2 atom stereocenters. The number of nitrogens with one attached hydrogen (secondary N) is 1. The fourth-order valence-electron chi connectivity index (χ4n) is 5.60. The predicted molar refractivity (Wildman–Crippen MR) is 132 cm³/mol. The fraction of sp³-hybridized carbons (Fsp3) is 0.444. The Bertz CT molecular complexity index is 1210. The molecule has 0 bridgehead atoms. The summed E-state index contributed by atoms with van der Waals surface area (Å²) in [5.41, 5.74) is 2.00. The normalized spacial score (nSPS) is 22.7. The van der Waals surface area contributed by atoms with E-state index < -0.39 is 29.8 Å². The van der Waals surface area contributed by atoms with Crippen LogP contribution < -0.4 is 10.2 Å². The number of hydrogen-bond donors (Lipinski definition) is 1. The van der Waals surface area contributed by atoms with E-state index in [1.54, 1.807) is 0 Å². The molecule has 194 valence electrons. The first-order valence-electron chi connectivity index (χ1n) is 12.6. The number of likely N-dealkylation sites (tertiary alicyclic amines) is 1. The summed E-state index contributed by atoms with van der Waals surface area (Å²) < 4.78 is 32.1. The van der Waals surface area contributed by atoms with E-state index in [4.69, 9.17) is 4.74 Å². The standard InChI is InChI=1S/C27H29F2N5O3/c28-22-6-5-19(13-23(22)29)25-17-37-27(36)34(25)26(35)31-15-18-7-10-33(16-18)21-8-11-32(12-9-21)24-4-2-1-3-20(24)14-30/h1-6,13,18,21,25H,7-12,15-17H2,(H,31,35)/t18?,25-/m1/s1. The van der Waals surface area contributed by atoms with Crippen molar-refractivity contribution in [2.24, 2.45) is 5.92 Å². The average molecular weight is 510 g/mol. The summed E-state index contributed by atoms with van der Waals surface area (Å²) in [6, 6.07) is 12.3. The number of ether oxygens (including phenoxy) is 1. The number of halogens is 2. The average Bonchev–Trinajstić information content (AvgIpc) is 3.56. The van der Waals surface area contributed by atoms with E-state index in [0.717, 1.165) is 68.2 Å². The molecule has 2 aromatic carbocycles. The number of imide groups is 1. The maximum Gasteiger partial charge on any atom is 0.418 e. The lowest BCUT2D eigenvalue weighted by Gasteiger charge is -2.38. The molecule has 1 unspecified atom stereocenters. The number of cyclic esters (lactones) is 1. The molecule has 0 radical (unpaired) electrons. The molecule has 3 aliphatic heterocycles. The summed E-state index contributed by atoms with van der Waals surface area (Å²) in [4.78, 5) is 30.8. The van der Waals surface area contributed by atoms with Gasteiger partial charge in [0.15, 0.2) is 11.6 Å². The van der Waals surface area contributed by atoms with Gasteiger partial charge in [0.05, 0.1) is 11.3 Å². The van der Waals surface area contributed by atoms with Crippen molar-refractivity contribution in [2.45, 2.75) is 31.3 Å². The first kappa shape index (κ1) is 25.0. The number of carbonyl (C=O) groups excluding carboxylic acids is 2. The molecule has 3 aliphatic rings. The second-order valence-electron chi connectivity index (χ2n) is 9.82. The number of benzene rings is 2. The van der Waals surface area contributed by atoms with Crippen LogP contribution in [0.2, 0.25) is 0 Å². The van der Waals surface area contributed by atoms with Crippen molar-refractivity contribution in [1.29, 1.82) is 5.26 Å². The molecule has 8 nitrogen and oxygen atoms in total. The lowest BCUT2D eigenvalue weighted by Crippen LogP contribution is -2.45. The van der Waals surface area contributed by atoms with Gasteiger partial charge in [-0.25, -0.2) is 23.3 Å². The van der Waals surface area contributed by atoms with Gasteiger partial charge in [0.25, 0.3) is 0 Å². The highest BCUT2D eigenvalue weighted by Crippen LogP contribution is 2.30. The number of nitriles is 1. The van der Waals surface area contributed by atoms with Gasteiger partial charge in [-0.05, 0) is 61.6 Å². The minimum atomic E-state index is -1.04. The molecule has 0 saturated carbocycles. The summed E-state index contributed by atoms with van der Waals surface area (Å²) in [6.45, 7) is 3.90. The highest BCUT2D eigenvalue weighted by atomic mass is 19.2. The molecular weight excluding hydrogens is 480 g/mol. The van der Waals surface area contributed by atoms with Gasteiger partial charge >= 0.3 is 12.1 Å². The van der Waals surface area contributed by atoms with Crippen LogP contribution in [0.25, 0.3) is 0 Å². The third-order valence-corrected chi connectivity index (χ3v) is 7.63. The number of para-hydroxylation sites is 1. The van der Waals surface area contributed by atoms with E-state index in [1.165, 1.54) is 6.07 Å². The molecule has 3 fully saturated rings. The highest BCUT2D eigenvalue weighted by Gasteiger charge is 2.40. The SMILES string of the molecule is N#Cc1ccccc1N1CCC(N2CCC(CNC(=O)N3C(=O)OC[C@@H]3c3ccc(F)c(F)c3)C2)CC1. The Labute approximate surface area is 214 Å². The van der Waals surface area contributed by atoms with E-state index in [-0.39, 0.29) is 12.5 Å². The van der Waals surface area contributed by atoms with Crippen molar-refractivity contribution in [3.8, 4) is 6.07 Å². The Morgan fingerprint density at radius 1 is 1.08 bits per heavy atom. The Morgan fingerprint density at radius 3 is 2.62 bits per heavy atom. The van der Waals surface area contributed by atoms with Gasteiger partial charge in [0.1, 0.15) is 18.7 Å². The van der Waals surface area contributed by atoms with E-state index in [9.17, 15) is 23.6 Å². The predicted octanol–water partition coefficient (Wildman–Crippen LogP) is 4.03. The highest BCUT2D eigenvalue weighted by molar-refractivity contribution is 5.92. The van der Waals surface area contributed by atoms with Gasteiger partial charge in [-0.2, -0.15) is 5.26 Å². The zero-order valence-electron chi connectivity index (χ0n) is 20.4. The van der Waals surface area contributed by atoms with Crippen molar-refractivity contribution in [1.82, 2.24) is 15.1 Å². The molecule has 5 rings (SSSR count). The minimum absolute atomic E-state index is 0.105. The smallest absolute Gasteiger partial charge is 0.418 e. The van der Waals surface area contributed by atoms with Crippen molar-refractivity contribution in [3.63, 3.8) is 0 Å². The van der Waals surface area contributed by atoms with Crippen molar-refractivity contribution in [3.05, 3.63) is 65.2 Å². The zero-order chi connectivity index (χ0) is 25.9. The number of nitrogens with zero attached hydrogens (tertiary/aromatic N) is 4. The summed E-state index contributed by atoms with van der Waals surface area (Å²) >= 11 is 0. The van der Waals surface area contributed by atoms with E-state index in [0.29, 0.717) is 23.7 Å². The summed E-state index contributed by atoms with van der Waals surface area (Å²) in [7, 11) is 0. The van der Waals surface area contributed by atoms with Gasteiger partial charge in [0.2, 0.25) is 0 Å². The molecule has 3 heterocycles. The second-order valence-corrected chi connectivity index (χ2v) is 9.82. The third kappa shape index (κ3) is 5.23. The Morgan fingerprint density at radius 2 is 1.86 bits per heavy atom. The minimum Gasteiger partial charge on any atom is -0.446 e. The summed E-state index contributed by atoms with van der Waals surface area (Å²) in [5.74, 6) is -1.78. The number of hydrogen-bond acceptors (Lipinski definition) is 6. The number of rotatable bonds is 5. The molecule has 10 heteroatoms. The lowest BCUT2D eigenvalue weighted by molar-refractivity contribution is 0.157. The van der Waals surface area contributed by atoms with Gasteiger partial charge in [0, 0.05) is 32.2 Å². The first-order valence-corrected chi connectivity index (χ1v) is 12.6. The number of anilines is 1. The van der Waals surface area contributed by atoms with Crippen LogP contribution in [0.5, 0.6) is 0 Å². The topological polar surface area (TPSA) is 88.9 Å². The van der Waals surface area contributed by atoms with Crippen LogP contribution in [0.4, 0.5) is 24.1 Å². The summed E-state index contributed by atoms with van der Waals surface area (Å²) in [6.07, 6.45) is 2.15. The largest absolute Gasteiger partial charge is 0.446 e. The molecule has 3 saturated heterocycles. The van der Waals surface area contributed by atoms with Gasteiger partial charge in [-0.1, -0.05) is 18.2 Å². The molecule has 2 aromatic rings. The number of amides is 3. The van der Waals surface area contributed by atoms with Crippen LogP contribution >= 0.6 is 0 Å². The van der Waals surface area contributed by atoms with Crippen molar-refractivity contribution in [2.75, 3.05) is 44.2 Å². The number of piperidine rings is 1. The first-order chi connectivity index (χ1) is 17.9. The number of carbonyl (C=O) groups is 2. The quantitative estimate of drug-likeness (QED) is 0.655. The van der Waals surface area contributed by atoms with E-state index in [1.807, 2.05) is 24.3 Å². The Hall–Kier alpha value is -3.71. The molecule has 37 heavy (non-hydrogen) atoms. The van der Waals surface area contributed by atoms with Gasteiger partial charge in [-0.15, -0.1) is 0 Å². The third-order valence-electron chi connectivity index (χ3n) is 7.63. The molecule has 0 aliphatic carbocycles. The molecule has 1 N–H and O–H groups in total. The van der Waals surface area contributed by atoms with Crippen LogP contribution in [0.15, 0.2) is 42.5 Å². The lowest BCUT2D eigenvalue weighted by atomic mass is 10.0. The monoisotopic (exact) mass is 509 g/mol. The Kier molecular flexibility index (Phi) is 7.24. The van der Waals surface area contributed by atoms with Gasteiger partial charge < -0.3 is 15.0 Å². The van der Waals surface area contributed by atoms with Crippen LogP contribution in [0, 0.1) is 28.9 Å². The summed E-state index contributed by atoms with van der Waals surface area (Å²) in [5, 5.41) is 12.2. The maximum absolute atomic E-state index is 13.7. The molecule has 0 aromatic heterocycles. The number of urea groups is 1. The van der Waals surface area contributed by atoms with Crippen molar-refractivity contribution < 1.29 is 23.1 Å². The van der Waals surface area contributed by atoms with Crippen molar-refractivity contribution >= 4 is 17.8 Å². The van der Waals surface area contributed by atoms with E-state index in [2.05, 4.69) is 21.2 Å². The molecular formula is C27H29F2N5O3. The molecule has 0 spiro atoms. The van der Waals surface area contributed by atoms with E-state index >= 15 is 0 Å². The Balaban J connectivity index is 1.12. The zero-order valence-corrected chi connectivity index (χ0v) is 20.4. The van der Waals surface area contributed by atoms with Crippen LogP contribution in [0.3, 0.4) is 0 Å². The fourth-order valence-corrected chi connectivity index (χ4v) is 5.60. The van der Waals surface area contributed by atoms with Crippen LogP contribution in [0.1, 0.15) is 36.4 Å². The second kappa shape index (κ2) is 10.7. The van der Waals surface area contributed by atoms with Crippen LogP contribution in [-0.2, 0) is 4.74 Å². The van der Waals surface area contributed by atoms with Gasteiger partial charge in [-0.3, -0.25) is 4.90 Å². The maximum atomic E-state index is 13.7. The molecule has 3 amide bonds.